The molecule has 0 atom stereocenters. The van der Waals surface area contributed by atoms with Crippen LogP contribution in [0.2, 0.25) is 0 Å². The van der Waals surface area contributed by atoms with Gasteiger partial charge in [0.25, 0.3) is 0 Å². The van der Waals surface area contributed by atoms with Crippen LogP contribution in [-0.2, 0) is 11.3 Å². The lowest BCUT2D eigenvalue weighted by molar-refractivity contribution is -0.121. The fourth-order valence-electron chi connectivity index (χ4n) is 1.84. The second kappa shape index (κ2) is 5.15. The Hall–Kier alpha value is -2.61. The lowest BCUT2D eigenvalue weighted by atomic mass is 10.1. The van der Waals surface area contributed by atoms with E-state index in [-0.39, 0.29) is 19.0 Å². The molecule has 1 N–H and O–H groups in total. The van der Waals surface area contributed by atoms with Gasteiger partial charge in [0, 0.05) is 22.7 Å². The van der Waals surface area contributed by atoms with Gasteiger partial charge in [-0.15, -0.1) is 0 Å². The average molecular weight is 241 g/mol. The lowest BCUT2D eigenvalue weighted by Gasteiger charge is -2.05. The smallest absolute Gasteiger partial charge is 0.240 e. The van der Waals surface area contributed by atoms with Gasteiger partial charge in [0.15, 0.2) is 6.29 Å². The van der Waals surface area contributed by atoms with Crippen molar-refractivity contribution < 1.29 is 9.59 Å². The largest absolute Gasteiger partial charge is 0.341 e. The summed E-state index contributed by atoms with van der Waals surface area (Å²) in [6.45, 7) is 0.130. The summed E-state index contributed by atoms with van der Waals surface area (Å²) in [6.07, 6.45) is 2.55. The molecule has 0 bridgehead atoms. The number of benzene rings is 1. The van der Waals surface area contributed by atoms with Crippen molar-refractivity contribution in [2.75, 3.05) is 6.54 Å². The molecule has 0 spiro atoms. The highest BCUT2D eigenvalue weighted by Crippen LogP contribution is 2.18. The molecule has 2 rings (SSSR count). The number of nitrogens with zero attached hydrogens (tertiary/aromatic N) is 2. The Balaban J connectivity index is 2.28. The summed E-state index contributed by atoms with van der Waals surface area (Å²) in [5.74, 6) is -0.231. The summed E-state index contributed by atoms with van der Waals surface area (Å²) in [7, 11) is 0. The van der Waals surface area contributed by atoms with Gasteiger partial charge in [0.05, 0.1) is 6.07 Å². The van der Waals surface area contributed by atoms with Crippen molar-refractivity contribution >= 4 is 23.1 Å². The maximum atomic E-state index is 11.5. The van der Waals surface area contributed by atoms with Crippen LogP contribution in [-0.4, -0.2) is 23.3 Å². The first-order valence-electron chi connectivity index (χ1n) is 5.43. The summed E-state index contributed by atoms with van der Waals surface area (Å²) in [5.41, 5.74) is 1.43. The minimum atomic E-state index is -0.231. The Morgan fingerprint density at radius 3 is 3.00 bits per heavy atom. The molecule has 1 aromatic carbocycles. The number of carbonyl (C=O) groups is 2. The van der Waals surface area contributed by atoms with Crippen LogP contribution in [0.25, 0.3) is 10.9 Å². The minimum absolute atomic E-state index is 0.00236. The molecule has 1 heterocycles. The lowest BCUT2D eigenvalue weighted by Crippen LogP contribution is -2.27. The number of aromatic nitrogens is 1. The Bertz CT molecular complexity index is 637. The van der Waals surface area contributed by atoms with E-state index in [2.05, 4.69) is 5.32 Å². The van der Waals surface area contributed by atoms with Crippen LogP contribution in [0.3, 0.4) is 0 Å². The molecule has 0 aliphatic rings. The Morgan fingerprint density at radius 2 is 2.28 bits per heavy atom. The van der Waals surface area contributed by atoms with Gasteiger partial charge in [0.2, 0.25) is 5.91 Å². The Kier molecular flexibility index (Phi) is 3.39. The molecule has 0 saturated carbocycles. The topological polar surface area (TPSA) is 74.9 Å². The number of fused-ring (bicyclic) bond motifs is 1. The number of hydrogen-bond donors (Lipinski definition) is 1. The first-order chi connectivity index (χ1) is 8.76. The third-order valence-corrected chi connectivity index (χ3v) is 2.65. The Morgan fingerprint density at radius 1 is 1.44 bits per heavy atom. The summed E-state index contributed by atoms with van der Waals surface area (Å²) in [4.78, 5) is 22.4. The average Bonchev–Trinajstić information content (AvgIpc) is 2.79. The van der Waals surface area contributed by atoms with E-state index in [4.69, 9.17) is 5.26 Å². The van der Waals surface area contributed by atoms with Crippen LogP contribution in [0.15, 0.2) is 30.5 Å². The number of carbonyl (C=O) groups excluding carboxylic acids is 2. The SMILES string of the molecule is N#CCNC(=O)Cn1ccc2c(C=O)cccc21. The molecular formula is C13H11N3O2. The molecule has 90 valence electrons. The monoisotopic (exact) mass is 241 g/mol. The van der Waals surface area contributed by atoms with Crippen LogP contribution < -0.4 is 5.32 Å². The summed E-state index contributed by atoms with van der Waals surface area (Å²) < 4.78 is 1.75. The van der Waals surface area contributed by atoms with E-state index >= 15 is 0 Å². The molecule has 1 aromatic heterocycles. The second-order valence-corrected chi connectivity index (χ2v) is 3.78. The van der Waals surface area contributed by atoms with Gasteiger partial charge in [-0.25, -0.2) is 0 Å². The fraction of sp³-hybridized carbons (Fsp3) is 0.154. The summed E-state index contributed by atoms with van der Waals surface area (Å²) >= 11 is 0. The third kappa shape index (κ3) is 2.23. The van der Waals surface area contributed by atoms with Crippen LogP contribution in [0.5, 0.6) is 0 Å². The molecule has 2 aromatic rings. The fourth-order valence-corrected chi connectivity index (χ4v) is 1.84. The first-order valence-corrected chi connectivity index (χ1v) is 5.43. The standard InChI is InChI=1S/C13H11N3O2/c14-5-6-15-13(18)8-16-7-4-11-10(9-17)2-1-3-12(11)16/h1-4,7,9H,6,8H2,(H,15,18). The van der Waals surface area contributed by atoms with Crippen LogP contribution >= 0.6 is 0 Å². The van der Waals surface area contributed by atoms with E-state index in [0.29, 0.717) is 5.56 Å². The van der Waals surface area contributed by atoms with E-state index < -0.39 is 0 Å². The van der Waals surface area contributed by atoms with Crippen molar-refractivity contribution in [1.29, 1.82) is 5.26 Å². The predicted octanol–water partition coefficient (Wildman–Crippen LogP) is 1.09. The number of rotatable bonds is 4. The quantitative estimate of drug-likeness (QED) is 0.643. The number of aldehydes is 1. The molecule has 18 heavy (non-hydrogen) atoms. The van der Waals surface area contributed by atoms with Crippen molar-refractivity contribution in [3.05, 3.63) is 36.0 Å². The zero-order valence-electron chi connectivity index (χ0n) is 9.59. The van der Waals surface area contributed by atoms with E-state index in [9.17, 15) is 9.59 Å². The maximum absolute atomic E-state index is 11.5. The van der Waals surface area contributed by atoms with Crippen LogP contribution in [0.4, 0.5) is 0 Å². The van der Waals surface area contributed by atoms with Gasteiger partial charge < -0.3 is 9.88 Å². The van der Waals surface area contributed by atoms with Crippen molar-refractivity contribution in [3.8, 4) is 6.07 Å². The van der Waals surface area contributed by atoms with Crippen molar-refractivity contribution in [3.63, 3.8) is 0 Å². The number of nitrogens with one attached hydrogen (secondary N) is 1. The molecule has 0 saturated heterocycles. The van der Waals surface area contributed by atoms with E-state index in [1.165, 1.54) is 0 Å². The number of nitriles is 1. The highest BCUT2D eigenvalue weighted by atomic mass is 16.1. The van der Waals surface area contributed by atoms with Gasteiger partial charge in [-0.05, 0) is 12.1 Å². The molecule has 1 amide bonds. The van der Waals surface area contributed by atoms with Crippen LogP contribution in [0, 0.1) is 11.3 Å². The number of amides is 1. The molecule has 0 fully saturated rings. The molecule has 5 heteroatoms. The molecule has 0 radical (unpaired) electrons. The maximum Gasteiger partial charge on any atom is 0.240 e. The van der Waals surface area contributed by atoms with E-state index in [1.54, 1.807) is 29.0 Å². The predicted molar refractivity (Wildman–Crippen MR) is 65.9 cm³/mol. The van der Waals surface area contributed by atoms with Gasteiger partial charge in [-0.2, -0.15) is 5.26 Å². The molecular weight excluding hydrogens is 230 g/mol. The van der Waals surface area contributed by atoms with Gasteiger partial charge >= 0.3 is 0 Å². The molecule has 0 aliphatic carbocycles. The highest BCUT2D eigenvalue weighted by Gasteiger charge is 2.07. The highest BCUT2D eigenvalue weighted by molar-refractivity contribution is 5.97. The molecule has 0 aliphatic heterocycles. The first kappa shape index (κ1) is 11.9. The Labute approximate surface area is 104 Å². The zero-order valence-corrected chi connectivity index (χ0v) is 9.59. The van der Waals surface area contributed by atoms with Crippen molar-refractivity contribution in [1.82, 2.24) is 9.88 Å². The second-order valence-electron chi connectivity index (χ2n) is 3.78. The minimum Gasteiger partial charge on any atom is -0.341 e. The third-order valence-electron chi connectivity index (χ3n) is 2.65. The normalized spacial score (nSPS) is 9.94. The molecule has 0 unspecified atom stereocenters. The molecule has 5 nitrogen and oxygen atoms in total. The van der Waals surface area contributed by atoms with Crippen molar-refractivity contribution in [2.45, 2.75) is 6.54 Å². The van der Waals surface area contributed by atoms with Gasteiger partial charge in [-0.1, -0.05) is 12.1 Å². The number of hydrogen-bond acceptors (Lipinski definition) is 3. The summed E-state index contributed by atoms with van der Waals surface area (Å²) in [5, 5.41) is 11.7. The van der Waals surface area contributed by atoms with E-state index in [0.717, 1.165) is 17.2 Å². The van der Waals surface area contributed by atoms with E-state index in [1.807, 2.05) is 12.1 Å². The zero-order chi connectivity index (χ0) is 13.0. The van der Waals surface area contributed by atoms with Gasteiger partial charge in [-0.3, -0.25) is 9.59 Å². The van der Waals surface area contributed by atoms with Crippen molar-refractivity contribution in [2.24, 2.45) is 0 Å². The van der Waals surface area contributed by atoms with Gasteiger partial charge in [0.1, 0.15) is 13.1 Å². The summed E-state index contributed by atoms with van der Waals surface area (Å²) in [6, 6.07) is 9.00. The van der Waals surface area contributed by atoms with Crippen LogP contribution in [0.1, 0.15) is 10.4 Å².